The minimum Gasteiger partial charge on any atom is -0.369 e. The van der Waals surface area contributed by atoms with Gasteiger partial charge in [-0.3, -0.25) is 4.79 Å². The summed E-state index contributed by atoms with van der Waals surface area (Å²) in [5, 5.41) is 0. The van der Waals surface area contributed by atoms with Crippen LogP contribution in [-0.4, -0.2) is 51.4 Å². The van der Waals surface area contributed by atoms with Crippen LogP contribution in [0.4, 0.5) is 5.69 Å². The van der Waals surface area contributed by atoms with Gasteiger partial charge in [0.05, 0.1) is 6.26 Å². The lowest BCUT2D eigenvalue weighted by molar-refractivity contribution is 0.112. The molecule has 19 heavy (non-hydrogen) atoms. The van der Waals surface area contributed by atoms with Crippen LogP contribution in [0.15, 0.2) is 18.2 Å². The van der Waals surface area contributed by atoms with E-state index in [9.17, 15) is 13.2 Å². The lowest BCUT2D eigenvalue weighted by atomic mass is 10.1. The van der Waals surface area contributed by atoms with Crippen LogP contribution in [0, 0.1) is 6.92 Å². The van der Waals surface area contributed by atoms with Gasteiger partial charge in [0.15, 0.2) is 0 Å². The highest BCUT2D eigenvalue weighted by Gasteiger charge is 2.23. The Morgan fingerprint density at radius 1 is 1.16 bits per heavy atom. The minimum absolute atomic E-state index is 0.508. The molecule has 0 radical (unpaired) electrons. The Labute approximate surface area is 113 Å². The van der Waals surface area contributed by atoms with Crippen LogP contribution in [0.1, 0.15) is 15.9 Å². The summed E-state index contributed by atoms with van der Waals surface area (Å²) in [7, 11) is -3.09. The molecule has 2 rings (SSSR count). The SMILES string of the molecule is Cc1cc(C=O)ccc1N1CCN(S(C)(=O)=O)CC1. The van der Waals surface area contributed by atoms with Crippen LogP contribution in [-0.2, 0) is 10.0 Å². The van der Waals surface area contributed by atoms with Crippen molar-refractivity contribution >= 4 is 22.0 Å². The number of anilines is 1. The van der Waals surface area contributed by atoms with E-state index >= 15 is 0 Å². The molecule has 1 heterocycles. The number of aldehydes is 1. The Bertz CT molecular complexity index is 576. The normalized spacial score (nSPS) is 17.5. The summed E-state index contributed by atoms with van der Waals surface area (Å²) in [6.45, 7) is 4.33. The summed E-state index contributed by atoms with van der Waals surface area (Å²) in [4.78, 5) is 12.9. The van der Waals surface area contributed by atoms with E-state index in [1.807, 2.05) is 19.1 Å². The molecule has 0 bridgehead atoms. The van der Waals surface area contributed by atoms with E-state index in [2.05, 4.69) is 4.90 Å². The molecule has 1 aliphatic heterocycles. The number of piperazine rings is 1. The van der Waals surface area contributed by atoms with Gasteiger partial charge in [-0.25, -0.2) is 8.42 Å². The molecule has 6 heteroatoms. The van der Waals surface area contributed by atoms with Crippen molar-refractivity contribution in [1.82, 2.24) is 4.31 Å². The molecule has 0 saturated carbocycles. The lowest BCUT2D eigenvalue weighted by Gasteiger charge is -2.35. The monoisotopic (exact) mass is 282 g/mol. The van der Waals surface area contributed by atoms with Crippen molar-refractivity contribution < 1.29 is 13.2 Å². The third kappa shape index (κ3) is 3.13. The average Bonchev–Trinajstić information content (AvgIpc) is 2.37. The number of carbonyl (C=O) groups is 1. The molecule has 0 aromatic heterocycles. The highest BCUT2D eigenvalue weighted by Crippen LogP contribution is 2.22. The molecular weight excluding hydrogens is 264 g/mol. The van der Waals surface area contributed by atoms with Gasteiger partial charge in [-0.2, -0.15) is 4.31 Å². The van der Waals surface area contributed by atoms with Crippen LogP contribution in [0.3, 0.4) is 0 Å². The smallest absolute Gasteiger partial charge is 0.211 e. The Morgan fingerprint density at radius 2 is 1.79 bits per heavy atom. The third-order valence-electron chi connectivity index (χ3n) is 3.41. The number of aryl methyl sites for hydroxylation is 1. The van der Waals surface area contributed by atoms with Gasteiger partial charge in [-0.1, -0.05) is 0 Å². The summed E-state index contributed by atoms with van der Waals surface area (Å²) in [6, 6.07) is 5.57. The van der Waals surface area contributed by atoms with E-state index in [0.29, 0.717) is 31.7 Å². The van der Waals surface area contributed by atoms with E-state index in [4.69, 9.17) is 0 Å². The minimum atomic E-state index is -3.09. The van der Waals surface area contributed by atoms with Gasteiger partial charge < -0.3 is 4.90 Å². The Morgan fingerprint density at radius 3 is 2.26 bits per heavy atom. The number of rotatable bonds is 3. The van der Waals surface area contributed by atoms with Gasteiger partial charge in [-0.15, -0.1) is 0 Å². The quantitative estimate of drug-likeness (QED) is 0.773. The van der Waals surface area contributed by atoms with Gasteiger partial charge >= 0.3 is 0 Å². The molecule has 0 spiro atoms. The van der Waals surface area contributed by atoms with Crippen LogP contribution < -0.4 is 4.90 Å². The van der Waals surface area contributed by atoms with E-state index in [1.165, 1.54) is 10.6 Å². The van der Waals surface area contributed by atoms with Crippen LogP contribution in [0.25, 0.3) is 0 Å². The molecule has 0 unspecified atom stereocenters. The summed E-state index contributed by atoms with van der Waals surface area (Å²) >= 11 is 0. The number of benzene rings is 1. The molecule has 104 valence electrons. The number of carbonyl (C=O) groups excluding carboxylic acids is 1. The molecule has 0 amide bonds. The Balaban J connectivity index is 2.12. The second-order valence-electron chi connectivity index (χ2n) is 4.81. The summed E-state index contributed by atoms with van der Waals surface area (Å²) < 4.78 is 24.4. The molecule has 0 N–H and O–H groups in total. The second kappa shape index (κ2) is 5.30. The highest BCUT2D eigenvalue weighted by molar-refractivity contribution is 7.88. The van der Waals surface area contributed by atoms with E-state index in [0.717, 1.165) is 17.5 Å². The Hall–Kier alpha value is -1.40. The van der Waals surface area contributed by atoms with Crippen molar-refractivity contribution in [1.29, 1.82) is 0 Å². The largest absolute Gasteiger partial charge is 0.369 e. The molecule has 1 aromatic carbocycles. The highest BCUT2D eigenvalue weighted by atomic mass is 32.2. The predicted octanol–water partition coefficient (Wildman–Crippen LogP) is 0.889. The van der Waals surface area contributed by atoms with Crippen molar-refractivity contribution in [2.45, 2.75) is 6.92 Å². The van der Waals surface area contributed by atoms with Gasteiger partial charge in [0.1, 0.15) is 6.29 Å². The second-order valence-corrected chi connectivity index (χ2v) is 6.80. The molecule has 5 nitrogen and oxygen atoms in total. The van der Waals surface area contributed by atoms with E-state index in [-0.39, 0.29) is 0 Å². The molecule has 1 aromatic rings. The molecule has 1 aliphatic rings. The first-order valence-corrected chi connectivity index (χ1v) is 8.02. The number of nitrogens with zero attached hydrogens (tertiary/aromatic N) is 2. The van der Waals surface area contributed by atoms with Crippen molar-refractivity contribution in [3.05, 3.63) is 29.3 Å². The molecule has 1 saturated heterocycles. The van der Waals surface area contributed by atoms with Crippen molar-refractivity contribution in [2.24, 2.45) is 0 Å². The number of sulfonamides is 1. The maximum Gasteiger partial charge on any atom is 0.211 e. The van der Waals surface area contributed by atoms with E-state index < -0.39 is 10.0 Å². The van der Waals surface area contributed by atoms with Crippen LogP contribution in [0.2, 0.25) is 0 Å². The predicted molar refractivity (Wildman–Crippen MR) is 75.2 cm³/mol. The maximum atomic E-state index is 11.4. The average molecular weight is 282 g/mol. The van der Waals surface area contributed by atoms with Crippen LogP contribution in [0.5, 0.6) is 0 Å². The maximum absolute atomic E-state index is 11.4. The van der Waals surface area contributed by atoms with Gasteiger partial charge in [0.25, 0.3) is 0 Å². The summed E-state index contributed by atoms with van der Waals surface area (Å²) in [5.74, 6) is 0. The zero-order valence-electron chi connectivity index (χ0n) is 11.2. The zero-order valence-corrected chi connectivity index (χ0v) is 12.0. The van der Waals surface area contributed by atoms with Gasteiger partial charge in [0, 0.05) is 37.4 Å². The first-order valence-electron chi connectivity index (χ1n) is 6.18. The van der Waals surface area contributed by atoms with E-state index in [1.54, 1.807) is 6.07 Å². The van der Waals surface area contributed by atoms with Crippen molar-refractivity contribution in [3.8, 4) is 0 Å². The number of hydrogen-bond donors (Lipinski definition) is 0. The van der Waals surface area contributed by atoms with Crippen LogP contribution >= 0.6 is 0 Å². The zero-order chi connectivity index (χ0) is 14.0. The standard InChI is InChI=1S/C13H18N2O3S/c1-11-9-12(10-16)3-4-13(11)14-5-7-15(8-6-14)19(2,17)18/h3-4,9-10H,5-8H2,1-2H3. The first kappa shape index (κ1) is 14.0. The molecular formula is C13H18N2O3S. The molecule has 1 fully saturated rings. The molecule has 0 aliphatic carbocycles. The first-order chi connectivity index (χ1) is 8.91. The lowest BCUT2D eigenvalue weighted by Crippen LogP contribution is -2.48. The van der Waals surface area contributed by atoms with Crippen molar-refractivity contribution in [3.63, 3.8) is 0 Å². The third-order valence-corrected chi connectivity index (χ3v) is 4.71. The Kier molecular flexibility index (Phi) is 3.91. The fourth-order valence-electron chi connectivity index (χ4n) is 2.37. The summed E-state index contributed by atoms with van der Waals surface area (Å²) in [6.07, 6.45) is 2.07. The fraction of sp³-hybridized carbons (Fsp3) is 0.462. The topological polar surface area (TPSA) is 57.7 Å². The summed E-state index contributed by atoms with van der Waals surface area (Å²) in [5.41, 5.74) is 2.77. The van der Waals surface area contributed by atoms with Crippen molar-refractivity contribution in [2.75, 3.05) is 37.3 Å². The molecule has 0 atom stereocenters. The van der Waals surface area contributed by atoms with Gasteiger partial charge in [-0.05, 0) is 30.7 Å². The van der Waals surface area contributed by atoms with Gasteiger partial charge in [0.2, 0.25) is 10.0 Å². The number of hydrogen-bond acceptors (Lipinski definition) is 4. The fourth-order valence-corrected chi connectivity index (χ4v) is 3.19.